The SMILES string of the molecule is O=C(Nc1ccncc1)Nc1ccc(-c2nc(N3CC4CN(C(=O)O)CC(C3)O4)c3cnn(CC(F)(F)F)c3n2)cc1. The largest absolute Gasteiger partial charge is 0.465 e. The topological polar surface area (TPSA) is 151 Å². The van der Waals surface area contributed by atoms with Gasteiger partial charge in [0, 0.05) is 42.4 Å². The summed E-state index contributed by atoms with van der Waals surface area (Å²) in [5, 5.41) is 19.1. The quantitative estimate of drug-likeness (QED) is 0.320. The molecule has 0 spiro atoms. The van der Waals surface area contributed by atoms with E-state index in [-0.39, 0.29) is 37.7 Å². The fraction of sp³-hybridized carbons (Fsp3) is 0.308. The third-order valence-electron chi connectivity index (χ3n) is 6.80. The first-order valence-electron chi connectivity index (χ1n) is 12.9. The number of carbonyl (C=O) groups is 2. The van der Waals surface area contributed by atoms with E-state index < -0.39 is 37.1 Å². The van der Waals surface area contributed by atoms with Crippen LogP contribution in [-0.2, 0) is 11.3 Å². The molecule has 2 fully saturated rings. The number of alkyl halides is 3. The molecule has 0 radical (unpaired) electrons. The Morgan fingerprint density at radius 3 is 2.21 bits per heavy atom. The van der Waals surface area contributed by atoms with Crippen LogP contribution in [0, 0.1) is 0 Å². The molecule has 2 aliphatic rings. The van der Waals surface area contributed by atoms with E-state index in [1.807, 2.05) is 4.90 Å². The average molecular weight is 584 g/mol. The molecule has 13 nitrogen and oxygen atoms in total. The Bertz CT molecular complexity index is 1600. The van der Waals surface area contributed by atoms with Gasteiger partial charge in [0.25, 0.3) is 0 Å². The van der Waals surface area contributed by atoms with E-state index in [2.05, 4.69) is 25.7 Å². The number of nitrogens with one attached hydrogen (secondary N) is 2. The molecule has 6 rings (SSSR count). The number of halogens is 3. The summed E-state index contributed by atoms with van der Waals surface area (Å²) in [4.78, 5) is 40.1. The Morgan fingerprint density at radius 1 is 0.952 bits per heavy atom. The van der Waals surface area contributed by atoms with Crippen molar-refractivity contribution in [1.29, 1.82) is 0 Å². The van der Waals surface area contributed by atoms with Gasteiger partial charge in [-0.25, -0.2) is 24.2 Å². The van der Waals surface area contributed by atoms with Crippen LogP contribution in [0.2, 0.25) is 0 Å². The lowest BCUT2D eigenvalue weighted by atomic mass is 10.1. The Labute approximate surface area is 235 Å². The summed E-state index contributed by atoms with van der Waals surface area (Å²) in [6, 6.07) is 9.36. The van der Waals surface area contributed by atoms with Crippen molar-refractivity contribution in [3.63, 3.8) is 0 Å². The maximum absolute atomic E-state index is 13.3. The number of morpholine rings is 2. The molecule has 218 valence electrons. The fourth-order valence-electron chi connectivity index (χ4n) is 5.05. The molecule has 16 heteroatoms. The molecule has 4 aromatic rings. The number of hydrogen-bond acceptors (Lipinski definition) is 8. The molecule has 3 amide bonds. The highest BCUT2D eigenvalue weighted by Gasteiger charge is 2.38. The van der Waals surface area contributed by atoms with Crippen LogP contribution in [0.3, 0.4) is 0 Å². The smallest absolute Gasteiger partial charge is 0.408 e. The standard InChI is InChI=1S/C26H24F3N9O4/c27-26(28,29)14-38-23-20(9-31-38)22(36-10-18-12-37(25(40)41)13-19(11-36)42-18)34-21(35-23)15-1-3-16(4-2-15)32-24(39)33-17-5-7-30-8-6-17/h1-9,18-19H,10-14H2,(H,40,41)(H2,30,32,33,39). The third kappa shape index (κ3) is 5.88. The normalized spacial score (nSPS) is 18.6. The summed E-state index contributed by atoms with van der Waals surface area (Å²) >= 11 is 0. The van der Waals surface area contributed by atoms with Crippen LogP contribution in [0.5, 0.6) is 0 Å². The van der Waals surface area contributed by atoms with Gasteiger partial charge < -0.3 is 30.3 Å². The number of fused-ring (bicyclic) bond motifs is 3. The molecule has 0 aliphatic carbocycles. The summed E-state index contributed by atoms with van der Waals surface area (Å²) in [5.41, 5.74) is 1.54. The number of aromatic nitrogens is 5. The van der Waals surface area contributed by atoms with Gasteiger partial charge in [0.2, 0.25) is 0 Å². The highest BCUT2D eigenvalue weighted by molar-refractivity contribution is 5.99. The van der Waals surface area contributed by atoms with Crippen molar-refractivity contribution in [2.45, 2.75) is 24.9 Å². The van der Waals surface area contributed by atoms with Crippen LogP contribution >= 0.6 is 0 Å². The molecule has 2 bridgehead atoms. The van der Waals surface area contributed by atoms with Crippen molar-refractivity contribution >= 4 is 40.4 Å². The first-order valence-corrected chi connectivity index (χ1v) is 12.9. The van der Waals surface area contributed by atoms with Crippen molar-refractivity contribution in [3.05, 3.63) is 55.0 Å². The first kappa shape index (κ1) is 27.2. The second-order valence-electron chi connectivity index (χ2n) is 9.89. The fourth-order valence-corrected chi connectivity index (χ4v) is 5.05. The first-order chi connectivity index (χ1) is 20.1. The van der Waals surface area contributed by atoms with E-state index in [9.17, 15) is 27.9 Å². The number of ether oxygens (including phenoxy) is 1. The maximum Gasteiger partial charge on any atom is 0.408 e. The molecular weight excluding hydrogens is 559 g/mol. The lowest BCUT2D eigenvalue weighted by Gasteiger charge is -2.45. The van der Waals surface area contributed by atoms with Crippen molar-refractivity contribution in [3.8, 4) is 11.4 Å². The average Bonchev–Trinajstić information content (AvgIpc) is 3.34. The molecule has 2 unspecified atom stereocenters. The Morgan fingerprint density at radius 2 is 1.60 bits per heavy atom. The number of carboxylic acid groups (broad SMARTS) is 1. The van der Waals surface area contributed by atoms with E-state index in [1.54, 1.807) is 48.8 Å². The van der Waals surface area contributed by atoms with Gasteiger partial charge in [0.05, 0.1) is 36.9 Å². The zero-order valence-corrected chi connectivity index (χ0v) is 21.8. The molecule has 5 heterocycles. The Hall–Kier alpha value is -4.99. The van der Waals surface area contributed by atoms with Gasteiger partial charge >= 0.3 is 18.3 Å². The number of pyridine rings is 1. The van der Waals surface area contributed by atoms with Crippen LogP contribution in [0.15, 0.2) is 55.0 Å². The van der Waals surface area contributed by atoms with Crippen molar-refractivity contribution in [2.24, 2.45) is 0 Å². The summed E-state index contributed by atoms with van der Waals surface area (Å²) in [5.74, 6) is 0.544. The minimum atomic E-state index is -4.52. The lowest BCUT2D eigenvalue weighted by molar-refractivity contribution is -0.141. The number of benzene rings is 1. The van der Waals surface area contributed by atoms with Gasteiger partial charge in [-0.2, -0.15) is 18.3 Å². The molecule has 42 heavy (non-hydrogen) atoms. The van der Waals surface area contributed by atoms with E-state index in [4.69, 9.17) is 9.72 Å². The number of carbonyl (C=O) groups excluding carboxylic acids is 1. The summed E-state index contributed by atoms with van der Waals surface area (Å²) in [7, 11) is 0. The summed E-state index contributed by atoms with van der Waals surface area (Å²) < 4.78 is 46.8. The molecule has 3 aromatic heterocycles. The van der Waals surface area contributed by atoms with Crippen LogP contribution in [-0.4, -0.2) is 91.4 Å². The van der Waals surface area contributed by atoms with Crippen molar-refractivity contribution in [2.75, 3.05) is 41.7 Å². The Balaban J connectivity index is 1.30. The lowest BCUT2D eigenvalue weighted by Crippen LogP contribution is -2.60. The van der Waals surface area contributed by atoms with Crippen LogP contribution in [0.4, 0.5) is 40.0 Å². The van der Waals surface area contributed by atoms with E-state index >= 15 is 0 Å². The van der Waals surface area contributed by atoms with Crippen LogP contribution < -0.4 is 15.5 Å². The van der Waals surface area contributed by atoms with E-state index in [0.717, 1.165) is 4.68 Å². The van der Waals surface area contributed by atoms with Crippen LogP contribution in [0.1, 0.15) is 0 Å². The van der Waals surface area contributed by atoms with Crippen molar-refractivity contribution < 1.29 is 32.6 Å². The number of amides is 3. The molecule has 1 aromatic carbocycles. The third-order valence-corrected chi connectivity index (χ3v) is 6.80. The Kier molecular flexibility index (Phi) is 6.97. The van der Waals surface area contributed by atoms with E-state index in [0.29, 0.717) is 28.1 Å². The second-order valence-corrected chi connectivity index (χ2v) is 9.89. The van der Waals surface area contributed by atoms with Crippen molar-refractivity contribution in [1.82, 2.24) is 29.6 Å². The highest BCUT2D eigenvalue weighted by Crippen LogP contribution is 2.32. The van der Waals surface area contributed by atoms with Gasteiger partial charge in [-0.15, -0.1) is 0 Å². The van der Waals surface area contributed by atoms with Gasteiger partial charge in [0.15, 0.2) is 11.5 Å². The zero-order chi connectivity index (χ0) is 29.4. The second kappa shape index (κ2) is 10.8. The zero-order valence-electron chi connectivity index (χ0n) is 21.8. The molecule has 2 aliphatic heterocycles. The van der Waals surface area contributed by atoms with Gasteiger partial charge in [-0.05, 0) is 36.4 Å². The molecular formula is C26H24F3N9O4. The number of rotatable bonds is 5. The summed E-state index contributed by atoms with van der Waals surface area (Å²) in [6.07, 6.45) is -2.02. The maximum atomic E-state index is 13.3. The minimum absolute atomic E-state index is 0.00932. The van der Waals surface area contributed by atoms with Gasteiger partial charge in [-0.3, -0.25) is 4.98 Å². The highest BCUT2D eigenvalue weighted by atomic mass is 19.4. The van der Waals surface area contributed by atoms with Crippen LogP contribution in [0.25, 0.3) is 22.4 Å². The minimum Gasteiger partial charge on any atom is -0.465 e. The molecule has 3 N–H and O–H groups in total. The number of urea groups is 1. The number of hydrogen-bond donors (Lipinski definition) is 3. The predicted octanol–water partition coefficient (Wildman–Crippen LogP) is 3.66. The van der Waals surface area contributed by atoms with Gasteiger partial charge in [0.1, 0.15) is 12.4 Å². The summed E-state index contributed by atoms with van der Waals surface area (Å²) in [6.45, 7) is -0.429. The predicted molar refractivity (Wildman–Crippen MR) is 144 cm³/mol. The number of anilines is 3. The molecule has 2 atom stereocenters. The molecule has 2 saturated heterocycles. The monoisotopic (exact) mass is 583 g/mol. The van der Waals surface area contributed by atoms with E-state index in [1.165, 1.54) is 11.1 Å². The molecule has 0 saturated carbocycles. The number of nitrogens with zero attached hydrogens (tertiary/aromatic N) is 7. The van der Waals surface area contributed by atoms with Gasteiger partial charge in [-0.1, -0.05) is 0 Å².